The van der Waals surface area contributed by atoms with Crippen LogP contribution in [0.5, 0.6) is 0 Å². The second kappa shape index (κ2) is 8.69. The summed E-state index contributed by atoms with van der Waals surface area (Å²) in [6, 6.07) is 15.3. The van der Waals surface area contributed by atoms with E-state index in [1.807, 2.05) is 6.07 Å². The highest BCUT2D eigenvalue weighted by molar-refractivity contribution is 7.10. The van der Waals surface area contributed by atoms with Crippen LogP contribution < -0.4 is 10.6 Å². The molecule has 1 fully saturated rings. The molecule has 1 amide bonds. The van der Waals surface area contributed by atoms with Gasteiger partial charge in [-0.2, -0.15) is 5.26 Å². The Labute approximate surface area is 165 Å². The van der Waals surface area contributed by atoms with Crippen molar-refractivity contribution in [1.82, 2.24) is 5.32 Å². The lowest BCUT2D eigenvalue weighted by Gasteiger charge is -2.22. The van der Waals surface area contributed by atoms with Crippen molar-refractivity contribution in [3.63, 3.8) is 0 Å². The van der Waals surface area contributed by atoms with Crippen LogP contribution in [-0.4, -0.2) is 18.0 Å². The van der Waals surface area contributed by atoms with Crippen molar-refractivity contribution >= 4 is 17.2 Å². The Morgan fingerprint density at radius 1 is 1.22 bits per heavy atom. The summed E-state index contributed by atoms with van der Waals surface area (Å²) in [6.45, 7) is 4.70. The fourth-order valence-electron chi connectivity index (χ4n) is 3.76. The van der Waals surface area contributed by atoms with Gasteiger partial charge in [0.1, 0.15) is 11.6 Å². The lowest BCUT2D eigenvalue weighted by molar-refractivity contribution is -0.676. The lowest BCUT2D eigenvalue weighted by atomic mass is 9.98. The maximum absolute atomic E-state index is 12.5. The molecular formula is C22H28N3OS+. The lowest BCUT2D eigenvalue weighted by Crippen LogP contribution is -2.88. The van der Waals surface area contributed by atoms with E-state index in [2.05, 4.69) is 66.3 Å². The van der Waals surface area contributed by atoms with Crippen LogP contribution in [0.3, 0.4) is 0 Å². The van der Waals surface area contributed by atoms with Crippen molar-refractivity contribution in [3.8, 4) is 6.07 Å². The van der Waals surface area contributed by atoms with Gasteiger partial charge in [-0.3, -0.25) is 4.79 Å². The number of hydrogen-bond acceptors (Lipinski definition) is 3. The van der Waals surface area contributed by atoms with Crippen molar-refractivity contribution in [2.24, 2.45) is 0 Å². The van der Waals surface area contributed by atoms with Crippen molar-refractivity contribution < 1.29 is 10.1 Å². The number of nitrogens with two attached hydrogens (primary N) is 1. The number of thiophene rings is 1. The third-order valence-corrected chi connectivity index (χ3v) is 6.36. The monoisotopic (exact) mass is 382 g/mol. The van der Waals surface area contributed by atoms with E-state index >= 15 is 0 Å². The predicted octanol–water partition coefficient (Wildman–Crippen LogP) is 3.48. The van der Waals surface area contributed by atoms with Gasteiger partial charge in [-0.15, -0.1) is 11.3 Å². The molecule has 0 aliphatic heterocycles. The van der Waals surface area contributed by atoms with E-state index in [4.69, 9.17) is 0 Å². The maximum Gasteiger partial charge on any atom is 0.276 e. The van der Waals surface area contributed by atoms with Gasteiger partial charge in [0.05, 0.1) is 10.9 Å². The van der Waals surface area contributed by atoms with Crippen LogP contribution in [0.4, 0.5) is 0 Å². The van der Waals surface area contributed by atoms with E-state index < -0.39 is 5.54 Å². The summed E-state index contributed by atoms with van der Waals surface area (Å²) in [5.41, 5.74) is 1.87. The molecule has 1 aromatic heterocycles. The molecule has 0 saturated heterocycles. The molecule has 3 rings (SSSR count). The fraction of sp³-hybridized carbons (Fsp3) is 0.455. The minimum absolute atomic E-state index is 0.0567. The Kier molecular flexibility index (Phi) is 6.30. The predicted molar refractivity (Wildman–Crippen MR) is 108 cm³/mol. The molecule has 4 nitrogen and oxygen atoms in total. The summed E-state index contributed by atoms with van der Waals surface area (Å²) in [7, 11) is 0. The second-order valence-electron chi connectivity index (χ2n) is 7.70. The summed E-state index contributed by atoms with van der Waals surface area (Å²) >= 11 is 1.71. The topological polar surface area (TPSA) is 69.5 Å². The van der Waals surface area contributed by atoms with Crippen molar-refractivity contribution in [1.29, 1.82) is 5.26 Å². The molecule has 1 aromatic carbocycles. The first-order valence-corrected chi connectivity index (χ1v) is 10.6. The molecule has 1 saturated carbocycles. The van der Waals surface area contributed by atoms with Crippen LogP contribution in [0.2, 0.25) is 0 Å². The Hall–Kier alpha value is -2.16. The van der Waals surface area contributed by atoms with Crippen molar-refractivity contribution in [3.05, 3.63) is 57.8 Å². The van der Waals surface area contributed by atoms with E-state index in [0.717, 1.165) is 25.7 Å². The van der Waals surface area contributed by atoms with Gasteiger partial charge in [0.2, 0.25) is 0 Å². The Bertz CT molecular complexity index is 784. The molecule has 5 heteroatoms. The molecule has 3 N–H and O–H groups in total. The van der Waals surface area contributed by atoms with Gasteiger partial charge < -0.3 is 10.6 Å². The first-order valence-electron chi connectivity index (χ1n) is 9.72. The van der Waals surface area contributed by atoms with Crippen molar-refractivity contribution in [2.75, 3.05) is 6.54 Å². The zero-order valence-electron chi connectivity index (χ0n) is 16.1. The number of nitrogens with one attached hydrogen (secondary N) is 1. The molecule has 2 aromatic rings. The van der Waals surface area contributed by atoms with E-state index in [9.17, 15) is 10.1 Å². The number of hydrogen-bond donors (Lipinski definition) is 2. The molecule has 27 heavy (non-hydrogen) atoms. The Morgan fingerprint density at radius 3 is 2.44 bits per heavy atom. The van der Waals surface area contributed by atoms with Gasteiger partial charge in [-0.05, 0) is 48.6 Å². The quantitative estimate of drug-likeness (QED) is 0.770. The highest BCUT2D eigenvalue weighted by Crippen LogP contribution is 2.29. The van der Waals surface area contributed by atoms with Gasteiger partial charge in [0.25, 0.3) is 5.91 Å². The number of carbonyl (C=O) groups is 1. The summed E-state index contributed by atoms with van der Waals surface area (Å²) in [5, 5.41) is 16.6. The van der Waals surface area contributed by atoms with Gasteiger partial charge in [-0.25, -0.2) is 0 Å². The van der Waals surface area contributed by atoms with Crippen LogP contribution in [0.15, 0.2) is 41.8 Å². The Balaban J connectivity index is 1.69. The SMILES string of the molecule is CC(C)c1ccc([C@@H]([NH2+]CC(=O)NC2(C#N)CCCC2)c2cccs2)cc1. The highest BCUT2D eigenvalue weighted by atomic mass is 32.1. The number of rotatable bonds is 7. The average molecular weight is 383 g/mol. The van der Waals surface area contributed by atoms with Crippen LogP contribution in [-0.2, 0) is 4.79 Å². The van der Waals surface area contributed by atoms with E-state index in [1.54, 1.807) is 11.3 Å². The summed E-state index contributed by atoms with van der Waals surface area (Å²) < 4.78 is 0. The maximum atomic E-state index is 12.5. The van der Waals surface area contributed by atoms with Crippen LogP contribution in [0.25, 0.3) is 0 Å². The molecule has 0 unspecified atom stereocenters. The molecule has 0 radical (unpaired) electrons. The summed E-state index contributed by atoms with van der Waals surface area (Å²) in [5.74, 6) is 0.446. The fourth-order valence-corrected chi connectivity index (χ4v) is 4.61. The number of nitriles is 1. The molecule has 1 aliphatic carbocycles. The minimum Gasteiger partial charge on any atom is -0.333 e. The van der Waals surface area contributed by atoms with Crippen LogP contribution in [0.1, 0.15) is 67.5 Å². The summed E-state index contributed by atoms with van der Waals surface area (Å²) in [4.78, 5) is 13.8. The number of quaternary nitrogens is 1. The molecule has 1 heterocycles. The van der Waals surface area contributed by atoms with Gasteiger partial charge in [0, 0.05) is 5.56 Å². The van der Waals surface area contributed by atoms with Crippen LogP contribution in [0, 0.1) is 11.3 Å². The van der Waals surface area contributed by atoms with E-state index in [0.29, 0.717) is 12.5 Å². The third-order valence-electron chi connectivity index (χ3n) is 5.40. The number of amides is 1. The second-order valence-corrected chi connectivity index (χ2v) is 8.68. The molecular weight excluding hydrogens is 354 g/mol. The molecule has 1 atom stereocenters. The van der Waals surface area contributed by atoms with E-state index in [1.165, 1.54) is 16.0 Å². The third kappa shape index (κ3) is 4.77. The zero-order chi connectivity index (χ0) is 19.3. The largest absolute Gasteiger partial charge is 0.333 e. The van der Waals surface area contributed by atoms with E-state index in [-0.39, 0.29) is 11.9 Å². The van der Waals surface area contributed by atoms with Crippen LogP contribution >= 0.6 is 11.3 Å². The highest BCUT2D eigenvalue weighted by Gasteiger charge is 2.35. The standard InChI is InChI=1S/C22H27N3OS/c1-16(2)17-7-9-18(10-8-17)21(19-6-5-13-27-19)24-14-20(26)25-22(15-23)11-3-4-12-22/h5-10,13,16,21,24H,3-4,11-12,14H2,1-2H3,(H,25,26)/p+1/t21-/m1/s1. The molecule has 142 valence electrons. The van der Waals surface area contributed by atoms with Gasteiger partial charge in [-0.1, -0.05) is 44.2 Å². The average Bonchev–Trinajstić information content (AvgIpc) is 3.35. The normalized spacial score (nSPS) is 16.8. The number of carbonyl (C=O) groups excluding carboxylic acids is 1. The molecule has 0 spiro atoms. The smallest absolute Gasteiger partial charge is 0.276 e. The first kappa shape index (κ1) is 19.6. The van der Waals surface area contributed by atoms with Gasteiger partial charge in [0.15, 0.2) is 6.54 Å². The van der Waals surface area contributed by atoms with Crippen molar-refractivity contribution in [2.45, 2.75) is 57.0 Å². The molecule has 1 aliphatic rings. The molecule has 0 bridgehead atoms. The Morgan fingerprint density at radius 2 is 1.89 bits per heavy atom. The summed E-state index contributed by atoms with van der Waals surface area (Å²) in [6.07, 6.45) is 3.55. The minimum atomic E-state index is -0.651. The number of nitrogens with zero attached hydrogens (tertiary/aromatic N) is 1. The number of benzene rings is 1. The van der Waals surface area contributed by atoms with Gasteiger partial charge >= 0.3 is 0 Å². The zero-order valence-corrected chi connectivity index (χ0v) is 16.9. The first-order chi connectivity index (χ1) is 13.0.